The lowest BCUT2D eigenvalue weighted by Crippen LogP contribution is -2.08. The van der Waals surface area contributed by atoms with Gasteiger partial charge in [-0.25, -0.2) is 19.0 Å². The second-order valence-corrected chi connectivity index (χ2v) is 5.50. The first kappa shape index (κ1) is 15.1. The standard InChI is InChI=1S/C16H13FN8/c1-9(22-18)14-7-20-15-16(21-14)25(24-23-15)8-11-5-10-3-2-4-19-13(10)6-12(11)17/h2-7H,8,18H2,1H3. The normalized spacial score (nSPS) is 12.2. The number of nitrogens with zero attached hydrogens (tertiary/aromatic N) is 7. The van der Waals surface area contributed by atoms with E-state index in [2.05, 4.69) is 30.4 Å². The molecule has 4 aromatic rings. The number of pyridine rings is 1. The highest BCUT2D eigenvalue weighted by Crippen LogP contribution is 2.19. The Bertz CT molecular complexity index is 1120. The topological polar surface area (TPSA) is 108 Å². The van der Waals surface area contributed by atoms with Gasteiger partial charge in [0.15, 0.2) is 5.65 Å². The SMILES string of the molecule is CC(=NN)c1cnc2nnn(Cc3cc4cccnc4cc3F)c2n1. The molecule has 0 amide bonds. The average molecular weight is 336 g/mol. The number of benzene rings is 1. The van der Waals surface area contributed by atoms with Crippen LogP contribution < -0.4 is 5.84 Å². The Hall–Kier alpha value is -3.49. The molecule has 0 saturated carbocycles. The first-order valence-corrected chi connectivity index (χ1v) is 7.50. The van der Waals surface area contributed by atoms with Gasteiger partial charge in [-0.2, -0.15) is 5.10 Å². The molecule has 0 aliphatic heterocycles. The van der Waals surface area contributed by atoms with Crippen LogP contribution in [-0.2, 0) is 6.54 Å². The van der Waals surface area contributed by atoms with Crippen LogP contribution in [0.5, 0.6) is 0 Å². The van der Waals surface area contributed by atoms with Gasteiger partial charge in [-0.05, 0) is 19.1 Å². The summed E-state index contributed by atoms with van der Waals surface area (Å²) in [7, 11) is 0. The molecule has 0 fully saturated rings. The van der Waals surface area contributed by atoms with Gasteiger partial charge in [0.25, 0.3) is 0 Å². The number of nitrogens with two attached hydrogens (primary N) is 1. The summed E-state index contributed by atoms with van der Waals surface area (Å²) in [6, 6.07) is 6.84. The Morgan fingerprint density at radius 3 is 3.04 bits per heavy atom. The minimum atomic E-state index is -0.362. The van der Waals surface area contributed by atoms with Crippen molar-refractivity contribution in [2.24, 2.45) is 10.9 Å². The van der Waals surface area contributed by atoms with Crippen LogP contribution in [0.1, 0.15) is 18.2 Å². The van der Waals surface area contributed by atoms with Crippen LogP contribution in [-0.4, -0.2) is 35.7 Å². The highest BCUT2D eigenvalue weighted by molar-refractivity contribution is 5.97. The van der Waals surface area contributed by atoms with Crippen LogP contribution in [0.4, 0.5) is 4.39 Å². The molecule has 0 radical (unpaired) electrons. The first-order valence-electron chi connectivity index (χ1n) is 7.50. The summed E-state index contributed by atoms with van der Waals surface area (Å²) in [4.78, 5) is 12.8. The van der Waals surface area contributed by atoms with E-state index in [4.69, 9.17) is 5.84 Å². The molecule has 25 heavy (non-hydrogen) atoms. The second-order valence-electron chi connectivity index (χ2n) is 5.50. The van der Waals surface area contributed by atoms with E-state index in [1.54, 1.807) is 19.2 Å². The van der Waals surface area contributed by atoms with E-state index in [9.17, 15) is 4.39 Å². The number of aromatic nitrogens is 6. The summed E-state index contributed by atoms with van der Waals surface area (Å²) in [6.07, 6.45) is 3.15. The summed E-state index contributed by atoms with van der Waals surface area (Å²) in [5.41, 5.74) is 2.92. The monoisotopic (exact) mass is 336 g/mol. The van der Waals surface area contributed by atoms with Crippen LogP contribution in [0.15, 0.2) is 41.8 Å². The molecule has 0 atom stereocenters. The minimum absolute atomic E-state index is 0.171. The van der Waals surface area contributed by atoms with Crippen molar-refractivity contribution < 1.29 is 4.39 Å². The quantitative estimate of drug-likeness (QED) is 0.346. The smallest absolute Gasteiger partial charge is 0.221 e. The van der Waals surface area contributed by atoms with Gasteiger partial charge in [0.1, 0.15) is 11.5 Å². The number of hydrazone groups is 1. The van der Waals surface area contributed by atoms with Crippen LogP contribution in [0.2, 0.25) is 0 Å². The Morgan fingerprint density at radius 2 is 2.20 bits per heavy atom. The molecule has 2 N–H and O–H groups in total. The van der Waals surface area contributed by atoms with E-state index in [1.807, 2.05) is 12.1 Å². The predicted molar refractivity (Wildman–Crippen MR) is 90.3 cm³/mol. The molecule has 0 bridgehead atoms. The van der Waals surface area contributed by atoms with Gasteiger partial charge in [0, 0.05) is 23.2 Å². The van der Waals surface area contributed by atoms with Crippen molar-refractivity contribution in [2.45, 2.75) is 13.5 Å². The van der Waals surface area contributed by atoms with Crippen LogP contribution in [0, 0.1) is 5.82 Å². The number of hydrogen-bond acceptors (Lipinski definition) is 7. The van der Waals surface area contributed by atoms with Crippen molar-refractivity contribution in [1.29, 1.82) is 0 Å². The van der Waals surface area contributed by atoms with E-state index >= 15 is 0 Å². The zero-order valence-corrected chi connectivity index (χ0v) is 13.3. The maximum absolute atomic E-state index is 14.4. The fourth-order valence-corrected chi connectivity index (χ4v) is 2.53. The average Bonchev–Trinajstić information content (AvgIpc) is 3.04. The Morgan fingerprint density at radius 1 is 1.32 bits per heavy atom. The Labute approximate surface area is 141 Å². The third kappa shape index (κ3) is 2.65. The highest BCUT2D eigenvalue weighted by Gasteiger charge is 2.13. The maximum atomic E-state index is 14.4. The third-order valence-electron chi connectivity index (χ3n) is 3.88. The van der Waals surface area contributed by atoms with Gasteiger partial charge in [-0.3, -0.25) is 4.98 Å². The lowest BCUT2D eigenvalue weighted by molar-refractivity contribution is 0.583. The Balaban J connectivity index is 1.79. The summed E-state index contributed by atoms with van der Waals surface area (Å²) < 4.78 is 15.9. The molecule has 0 saturated heterocycles. The van der Waals surface area contributed by atoms with Crippen LogP contribution in [0.25, 0.3) is 22.2 Å². The van der Waals surface area contributed by atoms with Crippen molar-refractivity contribution in [2.75, 3.05) is 0 Å². The van der Waals surface area contributed by atoms with E-state index in [-0.39, 0.29) is 12.4 Å². The molecule has 9 heteroatoms. The molecular weight excluding hydrogens is 323 g/mol. The number of hydrogen-bond donors (Lipinski definition) is 1. The Kier molecular flexibility index (Phi) is 3.53. The molecule has 3 heterocycles. The lowest BCUT2D eigenvalue weighted by Gasteiger charge is -2.06. The van der Waals surface area contributed by atoms with Gasteiger partial charge in [0.2, 0.25) is 5.65 Å². The largest absolute Gasteiger partial charge is 0.323 e. The summed E-state index contributed by atoms with van der Waals surface area (Å²) >= 11 is 0. The zero-order chi connectivity index (χ0) is 17.4. The van der Waals surface area contributed by atoms with E-state index in [1.165, 1.54) is 16.9 Å². The third-order valence-corrected chi connectivity index (χ3v) is 3.88. The van der Waals surface area contributed by atoms with Crippen molar-refractivity contribution in [1.82, 2.24) is 29.9 Å². The molecule has 1 aromatic carbocycles. The predicted octanol–water partition coefficient (Wildman–Crippen LogP) is 1.64. The van der Waals surface area contributed by atoms with Gasteiger partial charge < -0.3 is 5.84 Å². The van der Waals surface area contributed by atoms with E-state index in [0.29, 0.717) is 33.8 Å². The van der Waals surface area contributed by atoms with Crippen molar-refractivity contribution in [3.05, 3.63) is 53.7 Å². The lowest BCUT2D eigenvalue weighted by atomic mass is 10.1. The van der Waals surface area contributed by atoms with Gasteiger partial charge in [-0.15, -0.1) is 5.10 Å². The molecule has 0 aliphatic carbocycles. The molecule has 0 aliphatic rings. The summed E-state index contributed by atoms with van der Waals surface area (Å²) in [5, 5.41) is 12.5. The summed E-state index contributed by atoms with van der Waals surface area (Å²) in [6.45, 7) is 1.89. The summed E-state index contributed by atoms with van der Waals surface area (Å²) in [5.74, 6) is 4.92. The fraction of sp³-hybridized carbons (Fsp3) is 0.125. The number of rotatable bonds is 3. The van der Waals surface area contributed by atoms with Gasteiger partial charge in [0.05, 0.1) is 24.0 Å². The zero-order valence-electron chi connectivity index (χ0n) is 13.3. The molecule has 3 aromatic heterocycles. The van der Waals surface area contributed by atoms with Crippen molar-refractivity contribution >= 4 is 27.9 Å². The number of fused-ring (bicyclic) bond motifs is 2. The van der Waals surface area contributed by atoms with Gasteiger partial charge >= 0.3 is 0 Å². The molecule has 0 unspecified atom stereocenters. The van der Waals surface area contributed by atoms with Crippen LogP contribution in [0.3, 0.4) is 0 Å². The first-order chi connectivity index (χ1) is 12.2. The van der Waals surface area contributed by atoms with Crippen molar-refractivity contribution in [3.8, 4) is 0 Å². The minimum Gasteiger partial charge on any atom is -0.323 e. The molecular formula is C16H13FN8. The maximum Gasteiger partial charge on any atom is 0.221 e. The fourth-order valence-electron chi connectivity index (χ4n) is 2.53. The van der Waals surface area contributed by atoms with E-state index in [0.717, 1.165) is 5.39 Å². The van der Waals surface area contributed by atoms with E-state index < -0.39 is 0 Å². The highest BCUT2D eigenvalue weighted by atomic mass is 19.1. The van der Waals surface area contributed by atoms with Crippen LogP contribution >= 0.6 is 0 Å². The number of halogens is 1. The molecule has 124 valence electrons. The molecule has 0 spiro atoms. The molecule has 8 nitrogen and oxygen atoms in total. The second kappa shape index (κ2) is 5.86. The molecule has 4 rings (SSSR count). The van der Waals surface area contributed by atoms with Crippen molar-refractivity contribution in [3.63, 3.8) is 0 Å². The van der Waals surface area contributed by atoms with Gasteiger partial charge in [-0.1, -0.05) is 11.3 Å².